The number of carbonyl (C=O) groups excluding carboxylic acids is 3. The molecule has 3 aliphatic rings. The first-order valence-electron chi connectivity index (χ1n) is 12.0. The van der Waals surface area contributed by atoms with Crippen molar-refractivity contribution in [3.63, 3.8) is 0 Å². The Morgan fingerprint density at radius 3 is 2.58 bits per heavy atom. The first-order valence-corrected chi connectivity index (χ1v) is 12.0. The topological polar surface area (TPSA) is 119 Å². The van der Waals surface area contributed by atoms with Gasteiger partial charge in [-0.3, -0.25) is 14.6 Å². The normalized spacial score (nSPS) is 21.5. The minimum Gasteiger partial charge on any atom is -0.507 e. The lowest BCUT2D eigenvalue weighted by molar-refractivity contribution is -0.142. The van der Waals surface area contributed by atoms with Crippen molar-refractivity contribution in [1.29, 1.82) is 0 Å². The number of likely N-dealkylation sites (tertiary alicyclic amines) is 2. The Kier molecular flexibility index (Phi) is 6.49. The van der Waals surface area contributed by atoms with Crippen molar-refractivity contribution in [3.05, 3.63) is 59.4 Å². The van der Waals surface area contributed by atoms with E-state index < -0.39 is 17.7 Å². The highest BCUT2D eigenvalue weighted by Gasteiger charge is 2.49. The molecule has 0 aliphatic carbocycles. The predicted molar refractivity (Wildman–Crippen MR) is 127 cm³/mol. The summed E-state index contributed by atoms with van der Waals surface area (Å²) in [4.78, 5) is 46.1. The molecule has 1 unspecified atom stereocenters. The fraction of sp³-hybridized carbons (Fsp3) is 0.385. The van der Waals surface area contributed by atoms with Crippen molar-refractivity contribution in [2.24, 2.45) is 0 Å². The number of ether oxygens (including phenoxy) is 3. The van der Waals surface area contributed by atoms with Gasteiger partial charge in [0.15, 0.2) is 11.5 Å². The van der Waals surface area contributed by atoms with E-state index in [1.165, 1.54) is 4.90 Å². The number of piperidine rings is 1. The van der Waals surface area contributed by atoms with Gasteiger partial charge in [0, 0.05) is 37.1 Å². The number of carbonyl (C=O) groups is 3. The van der Waals surface area contributed by atoms with E-state index in [1.54, 1.807) is 54.5 Å². The van der Waals surface area contributed by atoms with E-state index in [9.17, 15) is 19.5 Å². The number of aliphatic hydroxyl groups excluding tert-OH is 1. The standard InChI is InChI=1S/C26H27N3O7/c1-2-34-26(33)28-10-7-18(8-11-28)29-22(17-4-3-9-27-15-17)21(24(31)25(29)32)23(30)16-5-6-19-20(14-16)36-13-12-35-19/h3-6,9,14-15,18,22,30H,2,7-8,10-13H2,1H3/b23-21-. The average molecular weight is 494 g/mol. The van der Waals surface area contributed by atoms with Gasteiger partial charge in [0.25, 0.3) is 11.7 Å². The number of pyridine rings is 1. The van der Waals surface area contributed by atoms with Crippen molar-refractivity contribution in [3.8, 4) is 11.5 Å². The number of ketones is 1. The highest BCUT2D eigenvalue weighted by atomic mass is 16.6. The van der Waals surface area contributed by atoms with Crippen LogP contribution in [0.2, 0.25) is 0 Å². The first kappa shape index (κ1) is 23.7. The van der Waals surface area contributed by atoms with E-state index in [2.05, 4.69) is 4.98 Å². The number of benzene rings is 1. The number of fused-ring (bicyclic) bond motifs is 1. The summed E-state index contributed by atoms with van der Waals surface area (Å²) in [5.74, 6) is -0.716. The van der Waals surface area contributed by atoms with Gasteiger partial charge in [-0.05, 0) is 49.6 Å². The van der Waals surface area contributed by atoms with Gasteiger partial charge in [0.1, 0.15) is 19.0 Å². The number of hydrogen-bond acceptors (Lipinski definition) is 8. The van der Waals surface area contributed by atoms with Crippen LogP contribution in [0.5, 0.6) is 11.5 Å². The van der Waals surface area contributed by atoms with Crippen LogP contribution in [-0.2, 0) is 14.3 Å². The maximum atomic E-state index is 13.3. The number of rotatable bonds is 4. The van der Waals surface area contributed by atoms with Gasteiger partial charge in [0.2, 0.25) is 0 Å². The molecule has 0 bridgehead atoms. The molecule has 4 heterocycles. The average Bonchev–Trinajstić information content (AvgIpc) is 3.18. The van der Waals surface area contributed by atoms with Gasteiger partial charge < -0.3 is 29.1 Å². The largest absolute Gasteiger partial charge is 0.507 e. The van der Waals surface area contributed by atoms with E-state index in [0.717, 1.165) is 0 Å². The smallest absolute Gasteiger partial charge is 0.409 e. The zero-order valence-corrected chi connectivity index (χ0v) is 19.9. The fourth-order valence-electron chi connectivity index (χ4n) is 4.98. The van der Waals surface area contributed by atoms with E-state index in [0.29, 0.717) is 61.8 Å². The third-order valence-electron chi connectivity index (χ3n) is 6.68. The Hall–Kier alpha value is -4.08. The molecule has 1 N–H and O–H groups in total. The maximum Gasteiger partial charge on any atom is 0.409 e. The summed E-state index contributed by atoms with van der Waals surface area (Å²) < 4.78 is 16.3. The van der Waals surface area contributed by atoms with Gasteiger partial charge in [-0.25, -0.2) is 4.79 Å². The second-order valence-electron chi connectivity index (χ2n) is 8.77. The Labute approximate surface area is 208 Å². The molecule has 2 amide bonds. The molecular weight excluding hydrogens is 466 g/mol. The summed E-state index contributed by atoms with van der Waals surface area (Å²) in [6, 6.07) is 7.30. The van der Waals surface area contributed by atoms with Crippen LogP contribution < -0.4 is 9.47 Å². The Morgan fingerprint density at radius 1 is 1.14 bits per heavy atom. The molecule has 2 aromatic rings. The number of aromatic nitrogens is 1. The van der Waals surface area contributed by atoms with Crippen molar-refractivity contribution < 1.29 is 33.7 Å². The Bertz CT molecular complexity index is 1210. The molecule has 1 atom stereocenters. The molecule has 188 valence electrons. The molecule has 0 saturated carbocycles. The number of amides is 2. The zero-order chi connectivity index (χ0) is 25.2. The molecule has 10 heteroatoms. The molecule has 1 aromatic heterocycles. The van der Waals surface area contributed by atoms with Crippen LogP contribution in [-0.4, -0.2) is 76.6 Å². The molecule has 1 aromatic carbocycles. The van der Waals surface area contributed by atoms with Crippen molar-refractivity contribution >= 4 is 23.5 Å². The first-order chi connectivity index (χ1) is 17.5. The third-order valence-corrected chi connectivity index (χ3v) is 6.68. The van der Waals surface area contributed by atoms with E-state index in [-0.39, 0.29) is 30.1 Å². The number of nitrogens with zero attached hydrogens (tertiary/aromatic N) is 3. The number of hydrogen-bond donors (Lipinski definition) is 1. The van der Waals surface area contributed by atoms with E-state index in [4.69, 9.17) is 14.2 Å². The van der Waals surface area contributed by atoms with Crippen LogP contribution in [0.3, 0.4) is 0 Å². The predicted octanol–water partition coefficient (Wildman–Crippen LogP) is 2.90. The number of aliphatic hydroxyl groups is 1. The summed E-state index contributed by atoms with van der Waals surface area (Å²) in [6.45, 7) is 3.64. The van der Waals surface area contributed by atoms with Crippen LogP contribution in [0.4, 0.5) is 4.79 Å². The Balaban J connectivity index is 1.51. The van der Waals surface area contributed by atoms with Gasteiger partial charge in [-0.1, -0.05) is 6.07 Å². The Morgan fingerprint density at radius 2 is 1.89 bits per heavy atom. The number of Topliss-reactive ketones (excluding diaryl/α,β-unsaturated/α-hetero) is 1. The molecule has 2 saturated heterocycles. The quantitative estimate of drug-likeness (QED) is 0.392. The molecule has 10 nitrogen and oxygen atoms in total. The van der Waals surface area contributed by atoms with Gasteiger partial charge in [-0.2, -0.15) is 0 Å². The summed E-state index contributed by atoms with van der Waals surface area (Å²) >= 11 is 0. The summed E-state index contributed by atoms with van der Waals surface area (Å²) in [7, 11) is 0. The molecule has 5 rings (SSSR count). The molecule has 0 radical (unpaired) electrons. The molecule has 3 aliphatic heterocycles. The lowest BCUT2D eigenvalue weighted by Crippen LogP contribution is -2.48. The minimum atomic E-state index is -0.814. The molecule has 0 spiro atoms. The molecule has 36 heavy (non-hydrogen) atoms. The van der Waals surface area contributed by atoms with Crippen LogP contribution >= 0.6 is 0 Å². The van der Waals surface area contributed by atoms with Crippen molar-refractivity contribution in [2.75, 3.05) is 32.9 Å². The summed E-state index contributed by atoms with van der Waals surface area (Å²) in [5, 5.41) is 11.3. The van der Waals surface area contributed by atoms with E-state index in [1.807, 2.05) is 0 Å². The molecule has 2 fully saturated rings. The molecular formula is C26H27N3O7. The van der Waals surface area contributed by atoms with Gasteiger partial charge in [0.05, 0.1) is 18.2 Å². The van der Waals surface area contributed by atoms with Gasteiger partial charge in [-0.15, -0.1) is 0 Å². The lowest BCUT2D eigenvalue weighted by atomic mass is 9.94. The van der Waals surface area contributed by atoms with E-state index >= 15 is 0 Å². The lowest BCUT2D eigenvalue weighted by Gasteiger charge is -2.38. The van der Waals surface area contributed by atoms with Crippen LogP contribution in [0.15, 0.2) is 48.3 Å². The monoisotopic (exact) mass is 493 g/mol. The third kappa shape index (κ3) is 4.23. The second-order valence-corrected chi connectivity index (χ2v) is 8.77. The van der Waals surface area contributed by atoms with Crippen molar-refractivity contribution in [1.82, 2.24) is 14.8 Å². The minimum absolute atomic E-state index is 0.00231. The van der Waals surface area contributed by atoms with Crippen LogP contribution in [0.1, 0.15) is 36.9 Å². The summed E-state index contributed by atoms with van der Waals surface area (Å²) in [6.07, 6.45) is 3.77. The van der Waals surface area contributed by atoms with Crippen molar-refractivity contribution in [2.45, 2.75) is 31.8 Å². The zero-order valence-electron chi connectivity index (χ0n) is 19.9. The fourth-order valence-corrected chi connectivity index (χ4v) is 4.98. The SMILES string of the molecule is CCOC(=O)N1CCC(N2C(=O)C(=O)/C(=C(\O)c3ccc4c(c3)OCCO4)C2c2cccnc2)CC1. The summed E-state index contributed by atoms with van der Waals surface area (Å²) in [5.41, 5.74) is 0.962. The second kappa shape index (κ2) is 9.88. The van der Waals surface area contributed by atoms with Crippen LogP contribution in [0, 0.1) is 0 Å². The van der Waals surface area contributed by atoms with Crippen LogP contribution in [0.25, 0.3) is 5.76 Å². The maximum absolute atomic E-state index is 13.3. The highest BCUT2D eigenvalue weighted by Crippen LogP contribution is 2.43. The highest BCUT2D eigenvalue weighted by molar-refractivity contribution is 6.46. The van der Waals surface area contributed by atoms with Gasteiger partial charge >= 0.3 is 6.09 Å².